The van der Waals surface area contributed by atoms with Crippen molar-refractivity contribution >= 4 is 27.5 Å². The van der Waals surface area contributed by atoms with Crippen molar-refractivity contribution in [2.45, 2.75) is 75.9 Å². The SMILES string of the molecule is CC(C)(C)NCc1ccc2c(c1)CCCC2.NN/C=C(\N)C[C@@H]1C(=O)NCCN1S(=O)(=O)c1ccc(Cl)cc1. The van der Waals surface area contributed by atoms with E-state index in [1.54, 1.807) is 11.1 Å². The smallest absolute Gasteiger partial charge is 0.243 e. The van der Waals surface area contributed by atoms with Crippen LogP contribution in [0.1, 0.15) is 56.7 Å². The fraction of sp³-hybridized carbons (Fsp3) is 0.464. The van der Waals surface area contributed by atoms with Crippen molar-refractivity contribution in [2.75, 3.05) is 13.1 Å². The Morgan fingerprint density at radius 2 is 1.79 bits per heavy atom. The molecule has 0 spiro atoms. The van der Waals surface area contributed by atoms with E-state index in [9.17, 15) is 13.2 Å². The molecule has 11 heteroatoms. The van der Waals surface area contributed by atoms with Gasteiger partial charge in [0.2, 0.25) is 15.9 Å². The summed E-state index contributed by atoms with van der Waals surface area (Å²) in [6.07, 6.45) is 6.63. The minimum Gasteiger partial charge on any atom is -0.401 e. The van der Waals surface area contributed by atoms with Gasteiger partial charge in [0, 0.05) is 48.5 Å². The second-order valence-electron chi connectivity index (χ2n) is 10.9. The van der Waals surface area contributed by atoms with Crippen LogP contribution in [0.5, 0.6) is 0 Å². The number of nitrogens with zero attached hydrogens (tertiary/aromatic N) is 1. The highest BCUT2D eigenvalue weighted by atomic mass is 35.5. The Labute approximate surface area is 237 Å². The minimum atomic E-state index is -3.84. The van der Waals surface area contributed by atoms with E-state index in [1.165, 1.54) is 61.7 Å². The number of sulfonamides is 1. The van der Waals surface area contributed by atoms with Gasteiger partial charge in [-0.25, -0.2) is 8.42 Å². The van der Waals surface area contributed by atoms with E-state index >= 15 is 0 Å². The summed E-state index contributed by atoms with van der Waals surface area (Å²) in [6.45, 7) is 8.02. The van der Waals surface area contributed by atoms with Crippen LogP contribution in [0, 0.1) is 0 Å². The predicted molar refractivity (Wildman–Crippen MR) is 156 cm³/mol. The first kappa shape index (κ1) is 30.9. The Morgan fingerprint density at radius 3 is 2.44 bits per heavy atom. The molecule has 0 radical (unpaired) electrons. The highest BCUT2D eigenvalue weighted by molar-refractivity contribution is 7.89. The van der Waals surface area contributed by atoms with Crippen molar-refractivity contribution in [3.63, 3.8) is 0 Å². The molecule has 0 saturated carbocycles. The van der Waals surface area contributed by atoms with Crippen LogP contribution >= 0.6 is 11.6 Å². The molecule has 2 aromatic rings. The van der Waals surface area contributed by atoms with Crippen LogP contribution in [0.4, 0.5) is 0 Å². The summed E-state index contributed by atoms with van der Waals surface area (Å²) < 4.78 is 26.7. The molecule has 1 amide bonds. The number of nitrogens with two attached hydrogens (primary N) is 2. The zero-order valence-corrected chi connectivity index (χ0v) is 24.5. The Morgan fingerprint density at radius 1 is 1.13 bits per heavy atom. The van der Waals surface area contributed by atoms with Gasteiger partial charge in [0.15, 0.2) is 0 Å². The summed E-state index contributed by atoms with van der Waals surface area (Å²) in [5.74, 6) is 4.74. The van der Waals surface area contributed by atoms with Crippen LogP contribution in [0.2, 0.25) is 5.02 Å². The highest BCUT2D eigenvalue weighted by Gasteiger charge is 2.38. The Kier molecular flexibility index (Phi) is 10.8. The van der Waals surface area contributed by atoms with E-state index in [0.717, 1.165) is 10.8 Å². The number of aryl methyl sites for hydroxylation is 2. The molecule has 2 aromatic carbocycles. The average Bonchev–Trinajstić information content (AvgIpc) is 2.89. The minimum absolute atomic E-state index is 0.0306. The molecule has 1 fully saturated rings. The first-order chi connectivity index (χ1) is 18.4. The number of piperazine rings is 1. The van der Waals surface area contributed by atoms with Gasteiger partial charge in [0.1, 0.15) is 6.04 Å². The van der Waals surface area contributed by atoms with Crippen LogP contribution in [0.3, 0.4) is 0 Å². The molecular weight excluding hydrogens is 536 g/mol. The summed E-state index contributed by atoms with van der Waals surface area (Å²) in [6, 6.07) is 11.8. The lowest BCUT2D eigenvalue weighted by atomic mass is 9.90. The molecule has 1 aliphatic carbocycles. The normalized spacial score (nSPS) is 18.4. The third-order valence-corrected chi connectivity index (χ3v) is 8.81. The van der Waals surface area contributed by atoms with Crippen LogP contribution in [0.15, 0.2) is 59.3 Å². The number of hydrogen-bond donors (Lipinski definition) is 5. The lowest BCUT2D eigenvalue weighted by Gasteiger charge is -2.34. The molecule has 2 aliphatic rings. The number of carbonyl (C=O) groups is 1. The molecule has 4 rings (SSSR count). The topological polar surface area (TPSA) is 143 Å². The van der Waals surface area contributed by atoms with Crippen molar-refractivity contribution < 1.29 is 13.2 Å². The number of benzene rings is 2. The largest absolute Gasteiger partial charge is 0.401 e. The number of hydrazine groups is 1. The Bertz CT molecular complexity index is 1260. The van der Waals surface area contributed by atoms with Crippen molar-refractivity contribution in [3.05, 3.63) is 76.1 Å². The van der Waals surface area contributed by atoms with Gasteiger partial charge in [-0.05, 0) is 87.4 Å². The Balaban J connectivity index is 0.000000230. The zero-order valence-electron chi connectivity index (χ0n) is 23.0. The maximum absolute atomic E-state index is 12.8. The molecule has 1 atom stereocenters. The maximum Gasteiger partial charge on any atom is 0.243 e. The summed E-state index contributed by atoms with van der Waals surface area (Å²) in [4.78, 5) is 12.2. The molecule has 0 aromatic heterocycles. The fourth-order valence-electron chi connectivity index (χ4n) is 4.57. The van der Waals surface area contributed by atoms with Gasteiger partial charge >= 0.3 is 0 Å². The van der Waals surface area contributed by atoms with E-state index in [-0.39, 0.29) is 35.6 Å². The average molecular weight is 577 g/mol. The van der Waals surface area contributed by atoms with E-state index in [4.69, 9.17) is 23.2 Å². The highest BCUT2D eigenvalue weighted by Crippen LogP contribution is 2.24. The number of amides is 1. The second kappa shape index (κ2) is 13.6. The van der Waals surface area contributed by atoms with Gasteiger partial charge in [-0.3, -0.25) is 10.6 Å². The van der Waals surface area contributed by atoms with Crippen molar-refractivity contribution in [3.8, 4) is 0 Å². The molecule has 7 N–H and O–H groups in total. The third-order valence-electron chi connectivity index (χ3n) is 6.64. The standard InChI is InChI=1S/C15H23N.C13H18ClN5O3S/c1-15(2,3)16-11-12-8-9-13-6-4-5-7-14(13)10-12;14-9-1-3-11(4-2-9)23(21,22)19-6-5-17-13(20)12(19)7-10(15)8-18-16/h8-10,16H,4-7,11H2,1-3H3;1-4,8,12,18H,5-7,15-16H2,(H,17,20)/b;10-8-/t;12-/m.1/s1. The van der Waals surface area contributed by atoms with Crippen molar-refractivity contribution in [1.29, 1.82) is 0 Å². The van der Waals surface area contributed by atoms with Crippen LogP contribution in [-0.2, 0) is 34.2 Å². The molecule has 214 valence electrons. The van der Waals surface area contributed by atoms with Gasteiger partial charge < -0.3 is 21.8 Å². The Hall–Kier alpha value is -2.63. The number of hydrogen-bond acceptors (Lipinski definition) is 7. The summed E-state index contributed by atoms with van der Waals surface area (Å²) >= 11 is 5.79. The number of carbonyl (C=O) groups excluding carboxylic acids is 1. The fourth-order valence-corrected chi connectivity index (χ4v) is 6.28. The predicted octanol–water partition coefficient (Wildman–Crippen LogP) is 2.94. The number of fused-ring (bicyclic) bond motifs is 1. The van der Waals surface area contributed by atoms with Crippen LogP contribution in [0.25, 0.3) is 0 Å². The van der Waals surface area contributed by atoms with Gasteiger partial charge in [-0.15, -0.1) is 0 Å². The molecule has 0 unspecified atom stereocenters. The first-order valence-corrected chi connectivity index (χ1v) is 15.0. The van der Waals surface area contributed by atoms with Gasteiger partial charge in [0.05, 0.1) is 4.90 Å². The lowest BCUT2D eigenvalue weighted by molar-refractivity contribution is -0.126. The monoisotopic (exact) mass is 576 g/mol. The maximum atomic E-state index is 12.8. The summed E-state index contributed by atoms with van der Waals surface area (Å²) in [5.41, 5.74) is 13.1. The third kappa shape index (κ3) is 8.94. The number of rotatable bonds is 7. The molecule has 1 heterocycles. The number of nitrogens with one attached hydrogen (secondary N) is 3. The van der Waals surface area contributed by atoms with Crippen molar-refractivity contribution in [2.24, 2.45) is 11.6 Å². The lowest BCUT2D eigenvalue weighted by Crippen LogP contribution is -2.57. The van der Waals surface area contributed by atoms with E-state index in [1.807, 2.05) is 0 Å². The van der Waals surface area contributed by atoms with Gasteiger partial charge in [-0.1, -0.05) is 29.8 Å². The molecule has 1 aliphatic heterocycles. The van der Waals surface area contributed by atoms with Gasteiger partial charge in [-0.2, -0.15) is 4.31 Å². The van der Waals surface area contributed by atoms with Crippen molar-refractivity contribution in [1.82, 2.24) is 20.4 Å². The zero-order chi connectivity index (χ0) is 28.6. The van der Waals surface area contributed by atoms with E-state index in [2.05, 4.69) is 55.0 Å². The first-order valence-electron chi connectivity index (χ1n) is 13.2. The molecule has 39 heavy (non-hydrogen) atoms. The quantitative estimate of drug-likeness (QED) is 0.252. The van der Waals surface area contributed by atoms with Crippen LogP contribution < -0.4 is 27.6 Å². The van der Waals surface area contributed by atoms with Gasteiger partial charge in [0.25, 0.3) is 0 Å². The van der Waals surface area contributed by atoms with Crippen LogP contribution in [-0.4, -0.2) is 43.3 Å². The summed E-state index contributed by atoms with van der Waals surface area (Å²) in [5, 5.41) is 6.62. The second-order valence-corrected chi connectivity index (χ2v) is 13.2. The molecule has 9 nitrogen and oxygen atoms in total. The molecule has 1 saturated heterocycles. The number of halogens is 1. The molecular formula is C28H41ClN6O3S. The summed E-state index contributed by atoms with van der Waals surface area (Å²) in [7, 11) is -3.84. The molecule has 0 bridgehead atoms. The van der Waals surface area contributed by atoms with E-state index in [0.29, 0.717) is 5.02 Å². The van der Waals surface area contributed by atoms with E-state index < -0.39 is 22.0 Å².